The Labute approximate surface area is 86.8 Å². The summed E-state index contributed by atoms with van der Waals surface area (Å²) < 4.78 is 0. The number of rotatable bonds is 3. The maximum atomic E-state index is 10.1. The summed E-state index contributed by atoms with van der Waals surface area (Å²) in [4.78, 5) is 0. The molecule has 0 amide bonds. The normalized spacial score (nSPS) is 11.7. The molecule has 0 spiro atoms. The number of aromatic hydroxyl groups is 1. The number of phenolic OH excluding ortho intramolecular Hbond substituents is 1. The van der Waals surface area contributed by atoms with Crippen molar-refractivity contribution in [2.45, 2.75) is 46.0 Å². The molecule has 0 fully saturated rings. The summed E-state index contributed by atoms with van der Waals surface area (Å²) in [5, 5.41) is 10.1. The van der Waals surface area contributed by atoms with E-state index < -0.39 is 0 Å². The molecule has 0 aliphatic heterocycles. The fourth-order valence-electron chi connectivity index (χ4n) is 1.61. The Morgan fingerprint density at radius 3 is 2.36 bits per heavy atom. The lowest BCUT2D eigenvalue weighted by molar-refractivity contribution is 0.424. The number of phenols is 1. The highest BCUT2D eigenvalue weighted by Gasteiger charge is 2.22. The molecule has 0 radical (unpaired) electrons. The topological polar surface area (TPSA) is 20.2 Å². The van der Waals surface area contributed by atoms with E-state index in [1.807, 2.05) is 18.2 Å². The van der Waals surface area contributed by atoms with Gasteiger partial charge in [-0.2, -0.15) is 0 Å². The molecule has 1 rings (SSSR count). The highest BCUT2D eigenvalue weighted by Crippen LogP contribution is 2.35. The molecule has 1 aromatic carbocycles. The predicted octanol–water partition coefficient (Wildman–Crippen LogP) is 3.64. The van der Waals surface area contributed by atoms with E-state index in [0.717, 1.165) is 24.0 Å². The van der Waals surface area contributed by atoms with E-state index in [9.17, 15) is 5.11 Å². The standard InChI is InChI=1S/C13H20O/c1-5-10-8-7-9-11(12(10)14)13(3,4)6-2/h7-9,14H,5-6H2,1-4H3. The molecule has 1 heteroatoms. The maximum absolute atomic E-state index is 10.1. The Kier molecular flexibility index (Phi) is 3.20. The first-order chi connectivity index (χ1) is 6.53. The maximum Gasteiger partial charge on any atom is 0.122 e. The van der Waals surface area contributed by atoms with Crippen molar-refractivity contribution >= 4 is 0 Å². The van der Waals surface area contributed by atoms with Gasteiger partial charge in [-0.05, 0) is 29.4 Å². The molecule has 78 valence electrons. The Morgan fingerprint density at radius 2 is 1.86 bits per heavy atom. The molecule has 1 nitrogen and oxygen atoms in total. The van der Waals surface area contributed by atoms with Crippen LogP contribution in [-0.4, -0.2) is 5.11 Å². The highest BCUT2D eigenvalue weighted by molar-refractivity contribution is 5.44. The van der Waals surface area contributed by atoms with Crippen molar-refractivity contribution in [1.29, 1.82) is 0 Å². The lowest BCUT2D eigenvalue weighted by Gasteiger charge is -2.25. The third-order valence-electron chi connectivity index (χ3n) is 3.11. The van der Waals surface area contributed by atoms with Gasteiger partial charge in [0, 0.05) is 0 Å². The second-order valence-electron chi connectivity index (χ2n) is 4.40. The minimum absolute atomic E-state index is 0.0647. The average molecular weight is 192 g/mol. The number of hydrogen-bond acceptors (Lipinski definition) is 1. The van der Waals surface area contributed by atoms with Gasteiger partial charge in [0.05, 0.1) is 0 Å². The van der Waals surface area contributed by atoms with Crippen LogP contribution in [0.4, 0.5) is 0 Å². The molecule has 0 atom stereocenters. The number of benzene rings is 1. The fourth-order valence-corrected chi connectivity index (χ4v) is 1.61. The van der Waals surface area contributed by atoms with Crippen molar-refractivity contribution in [3.8, 4) is 5.75 Å². The van der Waals surface area contributed by atoms with Crippen molar-refractivity contribution < 1.29 is 5.11 Å². The largest absolute Gasteiger partial charge is 0.507 e. The van der Waals surface area contributed by atoms with E-state index in [1.165, 1.54) is 0 Å². The molecular weight excluding hydrogens is 172 g/mol. The van der Waals surface area contributed by atoms with Gasteiger partial charge in [-0.25, -0.2) is 0 Å². The minimum Gasteiger partial charge on any atom is -0.507 e. The number of para-hydroxylation sites is 1. The van der Waals surface area contributed by atoms with Crippen molar-refractivity contribution in [3.63, 3.8) is 0 Å². The van der Waals surface area contributed by atoms with Crippen molar-refractivity contribution in [1.82, 2.24) is 0 Å². The first kappa shape index (κ1) is 11.1. The summed E-state index contributed by atoms with van der Waals surface area (Å²) in [6.07, 6.45) is 1.92. The van der Waals surface area contributed by atoms with E-state index in [2.05, 4.69) is 27.7 Å². The molecule has 0 aromatic heterocycles. The van der Waals surface area contributed by atoms with E-state index in [4.69, 9.17) is 0 Å². The molecule has 0 unspecified atom stereocenters. The van der Waals surface area contributed by atoms with Crippen LogP contribution in [0, 0.1) is 0 Å². The first-order valence-electron chi connectivity index (χ1n) is 5.34. The molecule has 0 heterocycles. The third-order valence-corrected chi connectivity index (χ3v) is 3.11. The van der Waals surface area contributed by atoms with Gasteiger partial charge >= 0.3 is 0 Å². The lowest BCUT2D eigenvalue weighted by atomic mass is 9.81. The molecule has 1 N–H and O–H groups in total. The summed E-state index contributed by atoms with van der Waals surface area (Å²) in [6.45, 7) is 8.55. The van der Waals surface area contributed by atoms with Crippen LogP contribution in [0.2, 0.25) is 0 Å². The van der Waals surface area contributed by atoms with Gasteiger partial charge in [0.2, 0.25) is 0 Å². The van der Waals surface area contributed by atoms with E-state index in [0.29, 0.717) is 5.75 Å². The minimum atomic E-state index is 0.0647. The molecule has 0 saturated carbocycles. The molecule has 0 aliphatic carbocycles. The van der Waals surface area contributed by atoms with Crippen LogP contribution < -0.4 is 0 Å². The van der Waals surface area contributed by atoms with Gasteiger partial charge in [0.15, 0.2) is 0 Å². The second-order valence-corrected chi connectivity index (χ2v) is 4.40. The van der Waals surface area contributed by atoms with Crippen molar-refractivity contribution in [3.05, 3.63) is 29.3 Å². The zero-order valence-corrected chi connectivity index (χ0v) is 9.59. The number of aryl methyl sites for hydroxylation is 1. The monoisotopic (exact) mass is 192 g/mol. The highest BCUT2D eigenvalue weighted by atomic mass is 16.3. The van der Waals surface area contributed by atoms with Crippen molar-refractivity contribution in [2.24, 2.45) is 0 Å². The zero-order chi connectivity index (χ0) is 10.8. The smallest absolute Gasteiger partial charge is 0.122 e. The summed E-state index contributed by atoms with van der Waals surface area (Å²) in [6, 6.07) is 6.05. The van der Waals surface area contributed by atoms with Crippen molar-refractivity contribution in [2.75, 3.05) is 0 Å². The van der Waals surface area contributed by atoms with Crippen LogP contribution in [-0.2, 0) is 11.8 Å². The molecular formula is C13H20O. The Bertz CT molecular complexity index is 313. The molecule has 0 saturated heterocycles. The Morgan fingerprint density at radius 1 is 1.21 bits per heavy atom. The number of hydrogen-bond donors (Lipinski definition) is 1. The molecule has 0 aliphatic rings. The van der Waals surface area contributed by atoms with Crippen LogP contribution in [0.1, 0.15) is 45.2 Å². The van der Waals surface area contributed by atoms with Gasteiger partial charge in [0.25, 0.3) is 0 Å². The van der Waals surface area contributed by atoms with E-state index >= 15 is 0 Å². The Balaban J connectivity index is 3.22. The first-order valence-corrected chi connectivity index (χ1v) is 5.34. The van der Waals surface area contributed by atoms with Gasteiger partial charge in [-0.3, -0.25) is 0 Å². The fraction of sp³-hybridized carbons (Fsp3) is 0.538. The van der Waals surface area contributed by atoms with Gasteiger partial charge < -0.3 is 5.11 Å². The summed E-state index contributed by atoms with van der Waals surface area (Å²) in [5.74, 6) is 0.488. The molecule has 14 heavy (non-hydrogen) atoms. The SMILES string of the molecule is CCc1cccc(C(C)(C)CC)c1O. The summed E-state index contributed by atoms with van der Waals surface area (Å²) in [7, 11) is 0. The molecule has 0 bridgehead atoms. The third kappa shape index (κ3) is 1.92. The van der Waals surface area contributed by atoms with Gasteiger partial charge in [-0.1, -0.05) is 45.9 Å². The predicted molar refractivity (Wildman–Crippen MR) is 60.8 cm³/mol. The average Bonchev–Trinajstić information content (AvgIpc) is 2.18. The summed E-state index contributed by atoms with van der Waals surface area (Å²) in [5.41, 5.74) is 2.18. The lowest BCUT2D eigenvalue weighted by Crippen LogP contribution is -2.15. The van der Waals surface area contributed by atoms with Crippen LogP contribution >= 0.6 is 0 Å². The van der Waals surface area contributed by atoms with Crippen LogP contribution in [0.15, 0.2) is 18.2 Å². The van der Waals surface area contributed by atoms with Gasteiger partial charge in [-0.15, -0.1) is 0 Å². The quantitative estimate of drug-likeness (QED) is 0.775. The van der Waals surface area contributed by atoms with E-state index in [-0.39, 0.29) is 5.41 Å². The van der Waals surface area contributed by atoms with Crippen LogP contribution in [0.3, 0.4) is 0 Å². The zero-order valence-electron chi connectivity index (χ0n) is 9.59. The second kappa shape index (κ2) is 4.04. The van der Waals surface area contributed by atoms with Gasteiger partial charge in [0.1, 0.15) is 5.75 Å². The molecule has 1 aromatic rings. The van der Waals surface area contributed by atoms with Crippen LogP contribution in [0.25, 0.3) is 0 Å². The summed E-state index contributed by atoms with van der Waals surface area (Å²) >= 11 is 0. The van der Waals surface area contributed by atoms with Crippen LogP contribution in [0.5, 0.6) is 5.75 Å². The Hall–Kier alpha value is -0.980. The van der Waals surface area contributed by atoms with E-state index in [1.54, 1.807) is 0 Å².